The van der Waals surface area contributed by atoms with Crippen LogP contribution in [0, 0.1) is 5.92 Å². The Bertz CT molecular complexity index is 1290. The number of para-hydroxylation sites is 3. The Balaban J connectivity index is 1.76. The van der Waals surface area contributed by atoms with Crippen molar-refractivity contribution in [3.8, 4) is 0 Å². The van der Waals surface area contributed by atoms with Gasteiger partial charge in [-0.05, 0) is 48.5 Å². The predicted octanol–water partition coefficient (Wildman–Crippen LogP) is 5.50. The van der Waals surface area contributed by atoms with Crippen molar-refractivity contribution >= 4 is 48.0 Å². The van der Waals surface area contributed by atoms with E-state index in [4.69, 9.17) is 0 Å². The highest BCUT2D eigenvalue weighted by atomic mass is 28.3. The Kier molecular flexibility index (Phi) is 7.21. The summed E-state index contributed by atoms with van der Waals surface area (Å²) in [4.78, 5) is 26.9. The first-order chi connectivity index (χ1) is 16.8. The summed E-state index contributed by atoms with van der Waals surface area (Å²) in [5, 5.41) is 14.4. The van der Waals surface area contributed by atoms with Crippen molar-refractivity contribution in [3.63, 3.8) is 0 Å². The Labute approximate surface area is 205 Å². The molecule has 0 aliphatic heterocycles. The largest absolute Gasteiger partial charge is 0.325 e. The topological polar surface area (TPSA) is 88.9 Å². The van der Waals surface area contributed by atoms with Gasteiger partial charge >= 0.3 is 0 Å². The standard InChI is InChI=1S/C27H29N5O2Si/c1-35(2,3)19-22(32-25-17-11-10-16-24(25)30-31-32)18-23(26(33)28-20-12-6-4-7-13-20)27(34)29-21-14-8-5-9-15-21/h4-18,23H,19H2,1-3H3,(H,28,33)(H,29,34). The fraction of sp³-hybridized carbons (Fsp3) is 0.185. The lowest BCUT2D eigenvalue weighted by Crippen LogP contribution is -2.33. The highest BCUT2D eigenvalue weighted by Crippen LogP contribution is 2.26. The first kappa shape index (κ1) is 24.1. The van der Waals surface area contributed by atoms with Crippen LogP contribution in [0.25, 0.3) is 16.7 Å². The van der Waals surface area contributed by atoms with Crippen LogP contribution < -0.4 is 10.6 Å². The van der Waals surface area contributed by atoms with Crippen LogP contribution in [0.2, 0.25) is 25.7 Å². The number of carbonyl (C=O) groups excluding carboxylic acids is 2. The summed E-state index contributed by atoms with van der Waals surface area (Å²) >= 11 is 0. The van der Waals surface area contributed by atoms with Gasteiger partial charge in [0.15, 0.2) is 0 Å². The number of hydrogen-bond acceptors (Lipinski definition) is 4. The van der Waals surface area contributed by atoms with Crippen molar-refractivity contribution in [3.05, 3.63) is 91.0 Å². The van der Waals surface area contributed by atoms with Crippen LogP contribution >= 0.6 is 0 Å². The SMILES string of the molecule is C[Si](C)(C)CC(=CC(C(=O)Nc1ccccc1)C(=O)Nc1ccccc1)n1nnc2ccccc21. The molecule has 0 bridgehead atoms. The smallest absolute Gasteiger partial charge is 0.240 e. The van der Waals surface area contributed by atoms with E-state index in [1.165, 1.54) is 0 Å². The molecule has 0 fully saturated rings. The first-order valence-corrected chi connectivity index (χ1v) is 15.2. The summed E-state index contributed by atoms with van der Waals surface area (Å²) in [6.07, 6.45) is 1.73. The number of allylic oxidation sites excluding steroid dienone is 1. The number of nitrogens with zero attached hydrogens (tertiary/aromatic N) is 3. The molecule has 0 unspecified atom stereocenters. The van der Waals surface area contributed by atoms with Crippen molar-refractivity contribution < 1.29 is 9.59 Å². The Morgan fingerprint density at radius 2 is 1.34 bits per heavy atom. The van der Waals surface area contributed by atoms with Gasteiger partial charge in [0, 0.05) is 17.1 Å². The van der Waals surface area contributed by atoms with Crippen LogP contribution in [-0.2, 0) is 9.59 Å². The molecular formula is C27H29N5O2Si. The molecule has 1 heterocycles. The molecule has 0 spiro atoms. The number of fused-ring (bicyclic) bond motifs is 1. The number of nitrogens with one attached hydrogen (secondary N) is 2. The van der Waals surface area contributed by atoms with Crippen molar-refractivity contribution in [1.82, 2.24) is 15.0 Å². The summed E-state index contributed by atoms with van der Waals surface area (Å²) < 4.78 is 1.76. The fourth-order valence-corrected chi connectivity index (χ4v) is 5.13. The van der Waals surface area contributed by atoms with Crippen molar-refractivity contribution in [2.24, 2.45) is 5.92 Å². The third-order valence-corrected chi connectivity index (χ3v) is 6.76. The van der Waals surface area contributed by atoms with E-state index in [-0.39, 0.29) is 0 Å². The lowest BCUT2D eigenvalue weighted by atomic mass is 10.1. The molecule has 7 nitrogen and oxygen atoms in total. The van der Waals surface area contributed by atoms with Gasteiger partial charge in [0.05, 0.1) is 13.6 Å². The number of aromatic nitrogens is 3. The molecule has 0 aliphatic carbocycles. The molecule has 8 heteroatoms. The molecule has 2 N–H and O–H groups in total. The van der Waals surface area contributed by atoms with Crippen molar-refractivity contribution in [1.29, 1.82) is 0 Å². The van der Waals surface area contributed by atoms with Crippen LogP contribution in [-0.4, -0.2) is 34.9 Å². The van der Waals surface area contributed by atoms with Crippen LogP contribution in [0.15, 0.2) is 91.0 Å². The van der Waals surface area contributed by atoms with E-state index in [0.29, 0.717) is 17.4 Å². The van der Waals surface area contributed by atoms with Gasteiger partial charge in [-0.3, -0.25) is 9.59 Å². The summed E-state index contributed by atoms with van der Waals surface area (Å²) in [6, 6.07) is 26.7. The minimum absolute atomic E-state index is 0.415. The molecule has 1 aromatic heterocycles. The van der Waals surface area contributed by atoms with Gasteiger partial charge in [-0.25, -0.2) is 4.68 Å². The molecular weight excluding hydrogens is 454 g/mol. The lowest BCUT2D eigenvalue weighted by Gasteiger charge is -2.21. The second-order valence-electron chi connectivity index (χ2n) is 9.57. The molecule has 178 valence electrons. The average Bonchev–Trinajstić information content (AvgIpc) is 3.26. The second kappa shape index (κ2) is 10.5. The fourth-order valence-electron chi connectivity index (χ4n) is 3.77. The molecule has 0 atom stereocenters. The van der Waals surface area contributed by atoms with Gasteiger partial charge in [-0.1, -0.05) is 73.4 Å². The van der Waals surface area contributed by atoms with Crippen molar-refractivity contribution in [2.75, 3.05) is 10.6 Å². The van der Waals surface area contributed by atoms with E-state index < -0.39 is 25.8 Å². The van der Waals surface area contributed by atoms with Gasteiger partial charge in [0.25, 0.3) is 0 Å². The Morgan fingerprint density at radius 3 is 1.89 bits per heavy atom. The maximum absolute atomic E-state index is 13.4. The van der Waals surface area contributed by atoms with Gasteiger partial charge in [0.2, 0.25) is 11.8 Å². The molecule has 0 radical (unpaired) electrons. The van der Waals surface area contributed by atoms with Gasteiger partial charge in [-0.2, -0.15) is 0 Å². The number of amides is 2. The minimum Gasteiger partial charge on any atom is -0.325 e. The first-order valence-electron chi connectivity index (χ1n) is 11.5. The Morgan fingerprint density at radius 1 is 0.829 bits per heavy atom. The maximum Gasteiger partial charge on any atom is 0.240 e. The summed E-state index contributed by atoms with van der Waals surface area (Å²) in [6.45, 7) is 6.72. The van der Waals surface area contributed by atoms with Gasteiger partial charge in [0.1, 0.15) is 11.4 Å². The summed E-state index contributed by atoms with van der Waals surface area (Å²) in [7, 11) is -1.67. The van der Waals surface area contributed by atoms with Crippen LogP contribution in [0.4, 0.5) is 11.4 Å². The quantitative estimate of drug-likeness (QED) is 0.256. The highest BCUT2D eigenvalue weighted by Gasteiger charge is 2.28. The molecule has 0 aliphatic rings. The van der Waals surface area contributed by atoms with Crippen LogP contribution in [0.3, 0.4) is 0 Å². The average molecular weight is 484 g/mol. The molecule has 4 rings (SSSR count). The number of carbonyl (C=O) groups is 2. The Hall–Kier alpha value is -4.04. The molecule has 0 saturated heterocycles. The zero-order valence-corrected chi connectivity index (χ0v) is 21.1. The number of benzene rings is 3. The lowest BCUT2D eigenvalue weighted by molar-refractivity contribution is -0.127. The molecule has 0 saturated carbocycles. The van der Waals surface area contributed by atoms with Gasteiger partial charge < -0.3 is 10.6 Å². The minimum atomic E-state index is -1.67. The molecule has 2 amide bonds. The van der Waals surface area contributed by atoms with E-state index in [2.05, 4.69) is 40.6 Å². The van der Waals surface area contributed by atoms with E-state index in [9.17, 15) is 9.59 Å². The van der Waals surface area contributed by atoms with E-state index in [1.54, 1.807) is 35.0 Å². The third kappa shape index (κ3) is 6.30. The summed E-state index contributed by atoms with van der Waals surface area (Å²) in [5.74, 6) is -1.91. The maximum atomic E-state index is 13.4. The molecule has 4 aromatic rings. The predicted molar refractivity (Wildman–Crippen MR) is 144 cm³/mol. The summed E-state index contributed by atoms with van der Waals surface area (Å²) in [5.41, 5.74) is 3.63. The van der Waals surface area contributed by atoms with E-state index in [0.717, 1.165) is 16.7 Å². The van der Waals surface area contributed by atoms with E-state index >= 15 is 0 Å². The van der Waals surface area contributed by atoms with E-state index in [1.807, 2.05) is 60.7 Å². The zero-order chi connectivity index (χ0) is 24.8. The molecule has 3 aromatic carbocycles. The molecule has 35 heavy (non-hydrogen) atoms. The highest BCUT2D eigenvalue weighted by molar-refractivity contribution is 6.77. The monoisotopic (exact) mass is 483 g/mol. The van der Waals surface area contributed by atoms with Crippen molar-refractivity contribution in [2.45, 2.75) is 25.7 Å². The zero-order valence-electron chi connectivity index (χ0n) is 20.1. The number of hydrogen-bond donors (Lipinski definition) is 2. The number of anilines is 2. The second-order valence-corrected chi connectivity index (χ2v) is 15.0. The van der Waals surface area contributed by atoms with Gasteiger partial charge in [-0.15, -0.1) is 5.10 Å². The van der Waals surface area contributed by atoms with Crippen LogP contribution in [0.5, 0.6) is 0 Å². The number of rotatable bonds is 8. The van der Waals surface area contributed by atoms with Crippen LogP contribution in [0.1, 0.15) is 0 Å². The third-order valence-electron chi connectivity index (χ3n) is 5.34. The normalized spacial score (nSPS) is 12.1.